The van der Waals surface area contributed by atoms with E-state index in [1.165, 1.54) is 25.7 Å². The van der Waals surface area contributed by atoms with Crippen molar-refractivity contribution in [3.05, 3.63) is 36.5 Å². The molecule has 0 aliphatic heterocycles. The molecule has 0 spiro atoms. The van der Waals surface area contributed by atoms with Gasteiger partial charge in [-0.1, -0.05) is 62.0 Å². The van der Waals surface area contributed by atoms with Crippen LogP contribution in [0.1, 0.15) is 58.3 Å². The Hall–Kier alpha value is -1.83. The van der Waals surface area contributed by atoms with E-state index in [2.05, 4.69) is 37.0 Å². The molecule has 0 radical (unpaired) electrons. The second-order valence-corrected chi connectivity index (χ2v) is 5.68. The van der Waals surface area contributed by atoms with E-state index in [0.717, 1.165) is 6.42 Å². The average molecular weight is 348 g/mol. The van der Waals surface area contributed by atoms with E-state index >= 15 is 0 Å². The summed E-state index contributed by atoms with van der Waals surface area (Å²) in [4.78, 5) is 11.3. The van der Waals surface area contributed by atoms with Crippen molar-refractivity contribution in [1.82, 2.24) is 0 Å². The van der Waals surface area contributed by atoms with Crippen LogP contribution in [0.4, 0.5) is 0 Å². The Morgan fingerprint density at radius 3 is 2.76 bits per heavy atom. The van der Waals surface area contributed by atoms with E-state index in [4.69, 9.17) is 14.9 Å². The number of carbonyl (C=O) groups is 1. The predicted molar refractivity (Wildman–Crippen MR) is 102 cm³/mol. The SMILES string of the molecule is CCCCC/C=C\C/C=C\C=C/C#CCCCC(=O)OC[C@H](O)CO. The van der Waals surface area contributed by atoms with Crippen LogP contribution in [0.5, 0.6) is 0 Å². The van der Waals surface area contributed by atoms with Gasteiger partial charge in [0.1, 0.15) is 12.7 Å². The minimum absolute atomic E-state index is 0.163. The zero-order valence-electron chi connectivity index (χ0n) is 15.3. The molecule has 0 fully saturated rings. The highest BCUT2D eigenvalue weighted by Crippen LogP contribution is 2.00. The molecule has 0 unspecified atom stereocenters. The molecule has 0 heterocycles. The van der Waals surface area contributed by atoms with E-state index in [1.807, 2.05) is 12.2 Å². The Morgan fingerprint density at radius 1 is 1.16 bits per heavy atom. The lowest BCUT2D eigenvalue weighted by Gasteiger charge is -2.07. The molecule has 0 aromatic heterocycles. The largest absolute Gasteiger partial charge is 0.463 e. The molecular formula is C21H32O4. The molecule has 140 valence electrons. The van der Waals surface area contributed by atoms with Crippen molar-refractivity contribution >= 4 is 5.97 Å². The van der Waals surface area contributed by atoms with E-state index < -0.39 is 12.7 Å². The molecule has 0 aliphatic rings. The Balaban J connectivity index is 3.61. The minimum Gasteiger partial charge on any atom is -0.463 e. The summed E-state index contributed by atoms with van der Waals surface area (Å²) in [5.41, 5.74) is 0. The summed E-state index contributed by atoms with van der Waals surface area (Å²) in [6.45, 7) is 1.64. The van der Waals surface area contributed by atoms with Crippen molar-refractivity contribution in [3.8, 4) is 11.8 Å². The standard InChI is InChI=1S/C21H32O4/c1-2-3-4-5-6-7-8-9-10-11-12-13-14-15-16-17-21(24)25-19-20(23)18-22/h6-7,9-12,20,22-23H,2-5,8,15-19H2,1H3/b7-6-,10-9-,12-11-/t20-/m1/s1. The Morgan fingerprint density at radius 2 is 2.00 bits per heavy atom. The number of aliphatic hydroxyl groups is 2. The molecule has 2 N–H and O–H groups in total. The first-order valence-corrected chi connectivity index (χ1v) is 9.10. The molecule has 4 heteroatoms. The molecule has 0 saturated carbocycles. The summed E-state index contributed by atoms with van der Waals surface area (Å²) in [6.07, 6.45) is 18.6. The van der Waals surface area contributed by atoms with Crippen LogP contribution < -0.4 is 0 Å². The van der Waals surface area contributed by atoms with Crippen molar-refractivity contribution in [2.75, 3.05) is 13.2 Å². The van der Waals surface area contributed by atoms with Crippen LogP contribution >= 0.6 is 0 Å². The fraction of sp³-hybridized carbons (Fsp3) is 0.571. The van der Waals surface area contributed by atoms with Crippen LogP contribution in [0.15, 0.2) is 36.5 Å². The van der Waals surface area contributed by atoms with Crippen LogP contribution in [0.25, 0.3) is 0 Å². The smallest absolute Gasteiger partial charge is 0.305 e. The minimum atomic E-state index is -1.00. The maximum atomic E-state index is 11.3. The molecule has 25 heavy (non-hydrogen) atoms. The summed E-state index contributed by atoms with van der Waals surface area (Å²) in [5.74, 6) is 5.51. The number of ether oxygens (including phenoxy) is 1. The molecular weight excluding hydrogens is 316 g/mol. The highest BCUT2D eigenvalue weighted by atomic mass is 16.5. The normalized spacial score (nSPS) is 12.6. The molecule has 0 amide bonds. The lowest BCUT2D eigenvalue weighted by atomic mass is 10.2. The number of allylic oxidation sites excluding steroid dienone is 6. The molecule has 0 rings (SSSR count). The maximum absolute atomic E-state index is 11.3. The third kappa shape index (κ3) is 18.4. The number of unbranched alkanes of at least 4 members (excludes halogenated alkanes) is 4. The lowest BCUT2D eigenvalue weighted by molar-refractivity contribution is -0.147. The number of hydrogen-bond acceptors (Lipinski definition) is 4. The van der Waals surface area contributed by atoms with Gasteiger partial charge in [-0.2, -0.15) is 0 Å². The van der Waals surface area contributed by atoms with Crippen LogP contribution in [-0.4, -0.2) is 35.5 Å². The number of carbonyl (C=O) groups excluding carboxylic acids is 1. The van der Waals surface area contributed by atoms with Gasteiger partial charge in [-0.3, -0.25) is 4.79 Å². The summed E-state index contributed by atoms with van der Waals surface area (Å²) >= 11 is 0. The molecule has 0 bridgehead atoms. The van der Waals surface area contributed by atoms with Crippen molar-refractivity contribution < 1.29 is 19.7 Å². The third-order valence-electron chi connectivity index (χ3n) is 3.27. The maximum Gasteiger partial charge on any atom is 0.305 e. The van der Waals surface area contributed by atoms with Crippen LogP contribution in [-0.2, 0) is 9.53 Å². The number of aliphatic hydroxyl groups excluding tert-OH is 2. The van der Waals surface area contributed by atoms with Gasteiger partial charge in [0.05, 0.1) is 6.61 Å². The van der Waals surface area contributed by atoms with Crippen LogP contribution in [0, 0.1) is 11.8 Å². The first-order valence-electron chi connectivity index (χ1n) is 9.10. The highest BCUT2D eigenvalue weighted by Gasteiger charge is 2.06. The van der Waals surface area contributed by atoms with E-state index in [1.54, 1.807) is 6.08 Å². The zero-order chi connectivity index (χ0) is 18.6. The van der Waals surface area contributed by atoms with E-state index in [9.17, 15) is 4.79 Å². The molecule has 0 aromatic rings. The lowest BCUT2D eigenvalue weighted by Crippen LogP contribution is -2.21. The molecule has 4 nitrogen and oxygen atoms in total. The van der Waals surface area contributed by atoms with Gasteiger partial charge in [-0.15, -0.1) is 0 Å². The fourth-order valence-electron chi connectivity index (χ4n) is 1.83. The van der Waals surface area contributed by atoms with Gasteiger partial charge < -0.3 is 14.9 Å². The number of hydrogen-bond donors (Lipinski definition) is 2. The Kier molecular flexibility index (Phi) is 17.2. The average Bonchev–Trinajstić information content (AvgIpc) is 2.62. The second-order valence-electron chi connectivity index (χ2n) is 5.68. The van der Waals surface area contributed by atoms with Gasteiger partial charge in [0.2, 0.25) is 0 Å². The van der Waals surface area contributed by atoms with Crippen molar-refractivity contribution in [2.24, 2.45) is 0 Å². The van der Waals surface area contributed by atoms with Crippen LogP contribution in [0.3, 0.4) is 0 Å². The third-order valence-corrected chi connectivity index (χ3v) is 3.27. The van der Waals surface area contributed by atoms with Crippen LogP contribution in [0.2, 0.25) is 0 Å². The second kappa shape index (κ2) is 18.5. The topological polar surface area (TPSA) is 66.8 Å². The van der Waals surface area contributed by atoms with Gasteiger partial charge in [0.25, 0.3) is 0 Å². The van der Waals surface area contributed by atoms with E-state index in [0.29, 0.717) is 12.8 Å². The first-order chi connectivity index (χ1) is 12.2. The van der Waals surface area contributed by atoms with Gasteiger partial charge in [0, 0.05) is 12.8 Å². The Labute approximate surface area is 152 Å². The number of esters is 1. The predicted octanol–water partition coefficient (Wildman–Crippen LogP) is 3.70. The molecule has 0 aromatic carbocycles. The molecule has 0 saturated heterocycles. The van der Waals surface area contributed by atoms with Gasteiger partial charge in [-0.25, -0.2) is 0 Å². The monoisotopic (exact) mass is 348 g/mol. The summed E-state index contributed by atoms with van der Waals surface area (Å²) < 4.78 is 4.79. The van der Waals surface area contributed by atoms with Crippen molar-refractivity contribution in [3.63, 3.8) is 0 Å². The number of rotatable bonds is 13. The van der Waals surface area contributed by atoms with E-state index in [-0.39, 0.29) is 19.0 Å². The summed E-state index contributed by atoms with van der Waals surface area (Å²) in [6, 6.07) is 0. The molecule has 0 aliphatic carbocycles. The van der Waals surface area contributed by atoms with Gasteiger partial charge in [-0.05, 0) is 31.8 Å². The van der Waals surface area contributed by atoms with Gasteiger partial charge >= 0.3 is 5.97 Å². The van der Waals surface area contributed by atoms with Gasteiger partial charge in [0.15, 0.2) is 0 Å². The van der Waals surface area contributed by atoms with Crippen molar-refractivity contribution in [1.29, 1.82) is 0 Å². The summed E-state index contributed by atoms with van der Waals surface area (Å²) in [7, 11) is 0. The Bertz CT molecular complexity index is 466. The first kappa shape index (κ1) is 23.2. The quantitative estimate of drug-likeness (QED) is 0.175. The fourth-order valence-corrected chi connectivity index (χ4v) is 1.83. The summed E-state index contributed by atoms with van der Waals surface area (Å²) in [5, 5.41) is 17.6. The zero-order valence-corrected chi connectivity index (χ0v) is 15.3. The highest BCUT2D eigenvalue weighted by molar-refractivity contribution is 5.69. The van der Waals surface area contributed by atoms with Crippen molar-refractivity contribution in [2.45, 2.75) is 64.4 Å². The molecule has 1 atom stereocenters.